The molecule has 7 nitrogen and oxygen atoms in total. The summed E-state index contributed by atoms with van der Waals surface area (Å²) in [6, 6.07) is 7.04. The fourth-order valence-electron chi connectivity index (χ4n) is 8.55. The molecule has 5 aliphatic rings. The van der Waals surface area contributed by atoms with Crippen molar-refractivity contribution in [1.82, 2.24) is 5.32 Å². The number of ether oxygens (including phenoxy) is 5. The maximum absolute atomic E-state index is 8.20. The van der Waals surface area contributed by atoms with Gasteiger partial charge in [0.15, 0.2) is 0 Å². The van der Waals surface area contributed by atoms with E-state index >= 15 is 0 Å². The minimum atomic E-state index is 0.388. The molecular formula is C39H62N2O5. The van der Waals surface area contributed by atoms with E-state index in [0.29, 0.717) is 48.1 Å². The summed E-state index contributed by atoms with van der Waals surface area (Å²) in [7, 11) is 0. The largest absolute Gasteiger partial charge is 0.381 e. The van der Waals surface area contributed by atoms with Crippen LogP contribution in [-0.2, 0) is 23.7 Å². The van der Waals surface area contributed by atoms with Crippen LogP contribution >= 0.6 is 0 Å². The minimum absolute atomic E-state index is 0.388. The number of rotatable bonds is 19. The van der Waals surface area contributed by atoms with Gasteiger partial charge in [0.1, 0.15) is 0 Å². The second kappa shape index (κ2) is 18.4. The molecule has 2 N–H and O–H groups in total. The summed E-state index contributed by atoms with van der Waals surface area (Å²) in [6.45, 7) is 7.50. The van der Waals surface area contributed by atoms with Gasteiger partial charge in [0, 0.05) is 45.8 Å². The third-order valence-electron chi connectivity index (χ3n) is 11.6. The highest BCUT2D eigenvalue weighted by atomic mass is 16.6. The molecule has 3 aliphatic carbocycles. The molecule has 4 unspecified atom stereocenters. The van der Waals surface area contributed by atoms with Gasteiger partial charge in [0.05, 0.1) is 31.0 Å². The lowest BCUT2D eigenvalue weighted by atomic mass is 9.78. The van der Waals surface area contributed by atoms with E-state index in [-0.39, 0.29) is 0 Å². The van der Waals surface area contributed by atoms with Gasteiger partial charge in [0.25, 0.3) is 0 Å². The summed E-state index contributed by atoms with van der Waals surface area (Å²) in [6.07, 6.45) is 22.1. The van der Waals surface area contributed by atoms with Crippen LogP contribution in [0.15, 0.2) is 18.2 Å². The lowest BCUT2D eigenvalue weighted by Crippen LogP contribution is -2.23. The summed E-state index contributed by atoms with van der Waals surface area (Å²) in [5, 5.41) is 11.6. The van der Waals surface area contributed by atoms with Gasteiger partial charge < -0.3 is 34.4 Å². The Morgan fingerprint density at radius 1 is 0.696 bits per heavy atom. The van der Waals surface area contributed by atoms with Crippen molar-refractivity contribution >= 4 is 6.21 Å². The van der Waals surface area contributed by atoms with E-state index in [1.807, 2.05) is 0 Å². The van der Waals surface area contributed by atoms with Crippen molar-refractivity contribution in [1.29, 1.82) is 5.41 Å². The Hall–Kier alpha value is -1.35. The molecule has 46 heavy (non-hydrogen) atoms. The second-order valence-electron chi connectivity index (χ2n) is 15.0. The number of benzene rings is 1. The Kier molecular flexibility index (Phi) is 13.8. The number of epoxide rings is 1. The highest BCUT2D eigenvalue weighted by Crippen LogP contribution is 2.40. The molecule has 0 radical (unpaired) electrons. The quantitative estimate of drug-likeness (QED) is 0.0925. The normalized spacial score (nSPS) is 32.7. The molecule has 5 fully saturated rings. The first-order chi connectivity index (χ1) is 22.7. The van der Waals surface area contributed by atoms with Gasteiger partial charge in [-0.25, -0.2) is 0 Å². The van der Waals surface area contributed by atoms with Crippen molar-refractivity contribution in [2.75, 3.05) is 52.7 Å². The number of nitrogens with one attached hydrogen (secondary N) is 2. The van der Waals surface area contributed by atoms with Crippen LogP contribution in [0.5, 0.6) is 0 Å². The molecule has 258 valence electrons. The Morgan fingerprint density at radius 3 is 1.98 bits per heavy atom. The molecule has 2 heterocycles. The molecule has 6 rings (SSSR count). The molecule has 7 heteroatoms. The molecular weight excluding hydrogens is 576 g/mol. The Morgan fingerprint density at radius 2 is 1.35 bits per heavy atom. The van der Waals surface area contributed by atoms with Crippen LogP contribution in [-0.4, -0.2) is 83.4 Å². The second-order valence-corrected chi connectivity index (χ2v) is 15.0. The average molecular weight is 639 g/mol. The van der Waals surface area contributed by atoms with E-state index in [4.69, 9.17) is 29.1 Å². The summed E-state index contributed by atoms with van der Waals surface area (Å²) < 4.78 is 30.0. The van der Waals surface area contributed by atoms with Crippen LogP contribution in [0, 0.1) is 17.2 Å². The van der Waals surface area contributed by atoms with Gasteiger partial charge in [-0.1, -0.05) is 12.1 Å². The topological polar surface area (TPSA) is 85.3 Å². The fraction of sp³-hybridized carbons (Fsp3) is 0.821. The molecule has 0 spiro atoms. The van der Waals surface area contributed by atoms with E-state index in [2.05, 4.69) is 23.5 Å². The first-order valence-electron chi connectivity index (χ1n) is 19.1. The molecule has 2 aliphatic heterocycles. The van der Waals surface area contributed by atoms with Crippen LogP contribution < -0.4 is 5.32 Å². The van der Waals surface area contributed by atoms with Crippen LogP contribution in [0.3, 0.4) is 0 Å². The zero-order chi connectivity index (χ0) is 31.4. The van der Waals surface area contributed by atoms with Crippen LogP contribution in [0.25, 0.3) is 0 Å². The number of hydrogen-bond acceptors (Lipinski definition) is 7. The maximum Gasteiger partial charge on any atom is 0.0845 e. The van der Waals surface area contributed by atoms with Crippen LogP contribution in [0.2, 0.25) is 0 Å². The number of unbranched alkanes of at least 4 members (excludes halogenated alkanes) is 2. The minimum Gasteiger partial charge on any atom is -0.381 e. The van der Waals surface area contributed by atoms with Crippen molar-refractivity contribution in [3.05, 3.63) is 34.9 Å². The Balaban J connectivity index is 0.810. The molecule has 3 saturated carbocycles. The smallest absolute Gasteiger partial charge is 0.0845 e. The lowest BCUT2D eigenvalue weighted by Gasteiger charge is -2.31. The SMILES string of the molecule is N=Cc1cc(C2CCC(OCCCCOCC3CCNC3)CC2)ccc1C1CCC(OCCCCOCC2CCC3OC3C2)CC1. The monoisotopic (exact) mass is 638 g/mol. The molecule has 1 aromatic rings. The van der Waals surface area contributed by atoms with E-state index in [1.165, 1.54) is 49.7 Å². The van der Waals surface area contributed by atoms with E-state index < -0.39 is 0 Å². The average Bonchev–Trinajstić information content (AvgIpc) is 3.69. The first-order valence-corrected chi connectivity index (χ1v) is 19.1. The highest BCUT2D eigenvalue weighted by molar-refractivity contribution is 5.80. The molecule has 1 aromatic carbocycles. The van der Waals surface area contributed by atoms with Gasteiger partial charge in [-0.15, -0.1) is 0 Å². The fourth-order valence-corrected chi connectivity index (χ4v) is 8.55. The van der Waals surface area contributed by atoms with Crippen molar-refractivity contribution < 1.29 is 23.7 Å². The summed E-state index contributed by atoms with van der Waals surface area (Å²) in [5.41, 5.74) is 3.92. The third kappa shape index (κ3) is 10.6. The molecule has 4 atom stereocenters. The molecule has 0 aromatic heterocycles. The van der Waals surface area contributed by atoms with Crippen molar-refractivity contribution in [2.45, 2.75) is 139 Å². The standard InChI is InChI=1S/C39H62N2O5/c40-25-34-24-33(31-6-11-35(12-7-31)44-21-4-2-20-43-28-30-17-18-41-26-30)10-15-37(34)32-8-13-36(14-9-32)45-22-3-1-19-42-27-29-5-16-38-39(23-29)46-38/h10,15,24-25,29-32,35-36,38-41H,1-9,11-14,16-23,26-28H2. The zero-order valence-corrected chi connectivity index (χ0v) is 28.4. The van der Waals surface area contributed by atoms with Crippen molar-refractivity contribution in [3.8, 4) is 0 Å². The molecule has 0 amide bonds. The van der Waals surface area contributed by atoms with E-state index in [1.54, 1.807) is 6.21 Å². The zero-order valence-electron chi connectivity index (χ0n) is 28.4. The van der Waals surface area contributed by atoms with Gasteiger partial charge in [-0.05, 0) is 156 Å². The Labute approximate surface area is 278 Å². The van der Waals surface area contributed by atoms with Crippen molar-refractivity contribution in [2.24, 2.45) is 11.8 Å². The number of fused-ring (bicyclic) bond motifs is 1. The summed E-state index contributed by atoms with van der Waals surface area (Å²) in [5.74, 6) is 2.55. The van der Waals surface area contributed by atoms with Gasteiger partial charge >= 0.3 is 0 Å². The van der Waals surface area contributed by atoms with E-state index in [9.17, 15) is 0 Å². The summed E-state index contributed by atoms with van der Waals surface area (Å²) >= 11 is 0. The predicted molar refractivity (Wildman–Crippen MR) is 183 cm³/mol. The maximum atomic E-state index is 8.20. The van der Waals surface area contributed by atoms with Crippen LogP contribution in [0.4, 0.5) is 0 Å². The lowest BCUT2D eigenvalue weighted by molar-refractivity contribution is 0.0174. The molecule has 0 bridgehead atoms. The third-order valence-corrected chi connectivity index (χ3v) is 11.6. The summed E-state index contributed by atoms with van der Waals surface area (Å²) in [4.78, 5) is 0. The number of hydrogen-bond donors (Lipinski definition) is 2. The van der Waals surface area contributed by atoms with Gasteiger partial charge in [0.2, 0.25) is 0 Å². The van der Waals surface area contributed by atoms with Crippen LogP contribution in [0.1, 0.15) is 131 Å². The Bertz CT molecular complexity index is 1030. The van der Waals surface area contributed by atoms with Gasteiger partial charge in [-0.3, -0.25) is 0 Å². The predicted octanol–water partition coefficient (Wildman–Crippen LogP) is 7.54. The first kappa shape index (κ1) is 34.5. The highest BCUT2D eigenvalue weighted by Gasteiger charge is 2.43. The van der Waals surface area contributed by atoms with E-state index in [0.717, 1.165) is 123 Å². The molecule has 2 saturated heterocycles. The van der Waals surface area contributed by atoms with Gasteiger partial charge in [-0.2, -0.15) is 0 Å². The van der Waals surface area contributed by atoms with Crippen molar-refractivity contribution in [3.63, 3.8) is 0 Å².